The van der Waals surface area contributed by atoms with E-state index in [0.717, 1.165) is 29.5 Å². The number of likely N-dealkylation sites (N-methyl/N-ethyl adjacent to an activating group) is 1. The van der Waals surface area contributed by atoms with E-state index < -0.39 is 0 Å². The third-order valence-electron chi connectivity index (χ3n) is 3.74. The lowest BCUT2D eigenvalue weighted by Crippen LogP contribution is -2.33. The molecule has 1 unspecified atom stereocenters. The van der Waals surface area contributed by atoms with E-state index in [1.54, 1.807) is 18.0 Å². The molecule has 1 fully saturated rings. The van der Waals surface area contributed by atoms with Crippen LogP contribution in [-0.4, -0.2) is 37.1 Å². The highest BCUT2D eigenvalue weighted by atomic mass is 35.5. The van der Waals surface area contributed by atoms with Gasteiger partial charge in [0.15, 0.2) is 0 Å². The second kappa shape index (κ2) is 5.83. The average molecular weight is 325 g/mol. The van der Waals surface area contributed by atoms with E-state index >= 15 is 0 Å². The average Bonchev–Trinajstić information content (AvgIpc) is 3.07. The molecule has 2 heterocycles. The summed E-state index contributed by atoms with van der Waals surface area (Å²) in [5, 5.41) is 1.36. The summed E-state index contributed by atoms with van der Waals surface area (Å²) in [6, 6.07) is 5.58. The first kappa shape index (κ1) is 14.6. The molecule has 1 saturated heterocycles. The lowest BCUT2D eigenvalue weighted by molar-refractivity contribution is 0.0591. The molecular weight excluding hydrogens is 308 g/mol. The highest BCUT2D eigenvalue weighted by Gasteiger charge is 2.24. The predicted octanol–water partition coefficient (Wildman–Crippen LogP) is 3.39. The van der Waals surface area contributed by atoms with Crippen molar-refractivity contribution in [3.05, 3.63) is 28.1 Å². The maximum absolute atomic E-state index is 12.6. The Bertz CT molecular complexity index is 680. The number of amides is 1. The molecule has 0 bridgehead atoms. The van der Waals surface area contributed by atoms with E-state index in [4.69, 9.17) is 22.1 Å². The predicted molar refractivity (Wildman–Crippen MR) is 87.2 cm³/mol. The van der Waals surface area contributed by atoms with Crippen molar-refractivity contribution in [1.82, 2.24) is 4.90 Å². The van der Waals surface area contributed by atoms with Crippen molar-refractivity contribution >= 4 is 44.6 Å². The molecule has 1 aromatic carbocycles. The number of benzene rings is 1. The van der Waals surface area contributed by atoms with Crippen molar-refractivity contribution in [3.63, 3.8) is 0 Å². The molecule has 21 heavy (non-hydrogen) atoms. The van der Waals surface area contributed by atoms with Gasteiger partial charge >= 0.3 is 0 Å². The summed E-state index contributed by atoms with van der Waals surface area (Å²) in [5.74, 6) is -0.0692. The van der Waals surface area contributed by atoms with Gasteiger partial charge in [-0.3, -0.25) is 4.79 Å². The van der Waals surface area contributed by atoms with Gasteiger partial charge in [0.05, 0.1) is 16.8 Å². The molecule has 0 radical (unpaired) electrons. The zero-order chi connectivity index (χ0) is 15.0. The van der Waals surface area contributed by atoms with Gasteiger partial charge in [-0.25, -0.2) is 0 Å². The molecule has 112 valence electrons. The Morgan fingerprint density at radius 3 is 3.05 bits per heavy atom. The Kier molecular flexibility index (Phi) is 4.06. The Hall–Kier alpha value is -1.30. The maximum atomic E-state index is 12.6. The molecule has 1 aromatic heterocycles. The molecule has 3 rings (SSSR count). The van der Waals surface area contributed by atoms with Gasteiger partial charge in [-0.05, 0) is 25.0 Å². The largest absolute Gasteiger partial charge is 0.397 e. The number of fused-ring (bicyclic) bond motifs is 1. The fraction of sp³-hybridized carbons (Fsp3) is 0.400. The van der Waals surface area contributed by atoms with E-state index in [-0.39, 0.29) is 12.0 Å². The summed E-state index contributed by atoms with van der Waals surface area (Å²) in [5.41, 5.74) is 6.61. The Morgan fingerprint density at radius 2 is 2.38 bits per heavy atom. The third-order valence-corrected chi connectivity index (χ3v) is 5.22. The number of rotatable bonds is 3. The molecule has 0 aliphatic carbocycles. The number of halogens is 1. The van der Waals surface area contributed by atoms with Crippen LogP contribution in [0, 0.1) is 0 Å². The molecule has 1 atom stereocenters. The van der Waals surface area contributed by atoms with Crippen LogP contribution in [0.25, 0.3) is 10.1 Å². The molecule has 2 N–H and O–H groups in total. The van der Waals surface area contributed by atoms with Crippen LogP contribution in [0.15, 0.2) is 18.2 Å². The topological polar surface area (TPSA) is 55.6 Å². The number of hydrogen-bond donors (Lipinski definition) is 1. The Morgan fingerprint density at radius 1 is 1.57 bits per heavy atom. The fourth-order valence-electron chi connectivity index (χ4n) is 2.64. The van der Waals surface area contributed by atoms with Gasteiger partial charge in [0, 0.05) is 30.3 Å². The van der Waals surface area contributed by atoms with Crippen molar-refractivity contribution in [2.24, 2.45) is 0 Å². The zero-order valence-electron chi connectivity index (χ0n) is 11.8. The molecule has 2 aromatic rings. The number of carbonyl (C=O) groups is 1. The minimum atomic E-state index is -0.0692. The van der Waals surface area contributed by atoms with Crippen molar-refractivity contribution in [1.29, 1.82) is 0 Å². The first-order chi connectivity index (χ1) is 10.1. The van der Waals surface area contributed by atoms with Crippen molar-refractivity contribution in [2.45, 2.75) is 18.9 Å². The summed E-state index contributed by atoms with van der Waals surface area (Å²) in [6.07, 6.45) is 2.21. The van der Waals surface area contributed by atoms with Crippen LogP contribution in [-0.2, 0) is 4.74 Å². The van der Waals surface area contributed by atoms with Crippen LogP contribution < -0.4 is 5.73 Å². The summed E-state index contributed by atoms with van der Waals surface area (Å²) in [7, 11) is 1.79. The number of nitrogen functional groups attached to an aromatic ring is 1. The summed E-state index contributed by atoms with van der Waals surface area (Å²) in [6.45, 7) is 1.38. The molecule has 1 aliphatic heterocycles. The van der Waals surface area contributed by atoms with Crippen LogP contribution in [0.2, 0.25) is 5.02 Å². The quantitative estimate of drug-likeness (QED) is 0.941. The van der Waals surface area contributed by atoms with Gasteiger partial charge in [0.2, 0.25) is 0 Å². The number of anilines is 1. The Balaban J connectivity index is 1.87. The Labute approximate surface area is 132 Å². The molecule has 6 heteroatoms. The summed E-state index contributed by atoms with van der Waals surface area (Å²) < 4.78 is 6.51. The maximum Gasteiger partial charge on any atom is 0.265 e. The summed E-state index contributed by atoms with van der Waals surface area (Å²) in [4.78, 5) is 14.8. The number of nitrogens with zero attached hydrogens (tertiary/aromatic N) is 1. The lowest BCUT2D eigenvalue weighted by Gasteiger charge is -2.20. The first-order valence-electron chi connectivity index (χ1n) is 6.91. The van der Waals surface area contributed by atoms with Gasteiger partial charge in [0.25, 0.3) is 5.91 Å². The third kappa shape index (κ3) is 2.73. The molecule has 4 nitrogen and oxygen atoms in total. The van der Waals surface area contributed by atoms with Crippen LogP contribution in [0.1, 0.15) is 22.5 Å². The van der Waals surface area contributed by atoms with Gasteiger partial charge in [-0.2, -0.15) is 0 Å². The van der Waals surface area contributed by atoms with Gasteiger partial charge in [0.1, 0.15) is 4.88 Å². The number of thiophene rings is 1. The van der Waals surface area contributed by atoms with E-state index in [9.17, 15) is 4.79 Å². The first-order valence-corrected chi connectivity index (χ1v) is 8.11. The fourth-order valence-corrected chi connectivity index (χ4v) is 4.11. The van der Waals surface area contributed by atoms with Gasteiger partial charge in [-0.1, -0.05) is 17.7 Å². The highest BCUT2D eigenvalue weighted by molar-refractivity contribution is 7.21. The smallest absolute Gasteiger partial charge is 0.265 e. The standard InChI is InChI=1S/C15H17ClN2O2S/c1-18(8-9-4-3-7-20-9)15(19)14-13(17)12-10(16)5-2-6-11(12)21-14/h2,5-6,9H,3-4,7-8,17H2,1H3. The minimum absolute atomic E-state index is 0.0692. The monoisotopic (exact) mass is 324 g/mol. The number of ether oxygens (including phenoxy) is 1. The van der Waals surface area contributed by atoms with Crippen molar-refractivity contribution < 1.29 is 9.53 Å². The number of hydrogen-bond acceptors (Lipinski definition) is 4. The lowest BCUT2D eigenvalue weighted by atomic mass is 10.2. The van der Waals surface area contributed by atoms with Crippen LogP contribution >= 0.6 is 22.9 Å². The number of carbonyl (C=O) groups excluding carboxylic acids is 1. The summed E-state index contributed by atoms with van der Waals surface area (Å²) >= 11 is 7.57. The van der Waals surface area contributed by atoms with Crippen molar-refractivity contribution in [2.75, 3.05) is 25.9 Å². The van der Waals surface area contributed by atoms with E-state index in [1.807, 2.05) is 12.1 Å². The minimum Gasteiger partial charge on any atom is -0.397 e. The SMILES string of the molecule is CN(CC1CCCO1)C(=O)c1sc2cccc(Cl)c2c1N. The van der Waals surface area contributed by atoms with Crippen molar-refractivity contribution in [3.8, 4) is 0 Å². The molecule has 0 saturated carbocycles. The van der Waals surface area contributed by atoms with Crippen LogP contribution in [0.5, 0.6) is 0 Å². The van der Waals surface area contributed by atoms with Crippen LogP contribution in [0.3, 0.4) is 0 Å². The molecule has 1 aliphatic rings. The van der Waals surface area contributed by atoms with E-state index in [1.165, 1.54) is 11.3 Å². The second-order valence-corrected chi connectivity index (χ2v) is 6.74. The van der Waals surface area contributed by atoms with E-state index in [2.05, 4.69) is 0 Å². The van der Waals surface area contributed by atoms with E-state index in [0.29, 0.717) is 22.1 Å². The van der Waals surface area contributed by atoms with Gasteiger partial charge < -0.3 is 15.4 Å². The number of nitrogens with two attached hydrogens (primary N) is 1. The molecule has 1 amide bonds. The molecule has 0 spiro atoms. The molecular formula is C15H17ClN2O2S. The highest BCUT2D eigenvalue weighted by Crippen LogP contribution is 2.38. The van der Waals surface area contributed by atoms with Gasteiger partial charge in [-0.15, -0.1) is 11.3 Å². The normalized spacial score (nSPS) is 18.3. The van der Waals surface area contributed by atoms with Crippen LogP contribution in [0.4, 0.5) is 5.69 Å². The zero-order valence-corrected chi connectivity index (χ0v) is 13.3. The second-order valence-electron chi connectivity index (χ2n) is 5.28.